The second kappa shape index (κ2) is 11.3. The molecule has 3 rings (SSSR count). The lowest BCUT2D eigenvalue weighted by Crippen LogP contribution is -2.38. The molecule has 0 radical (unpaired) electrons. The standard InChI is InChI=1S/C21H25ClN4O.HI/c1-2-23-21(26-14-20(27)17-8-3-5-9-18(17)22)24-12-11-15-13-25-19-10-6-4-7-16(15)19;/h3-10,13,20,25,27H,2,11-12,14H2,1H3,(H2,23,24,26);1H. The number of hydrogen-bond acceptors (Lipinski definition) is 2. The Balaban J connectivity index is 0.00000280. The van der Waals surface area contributed by atoms with E-state index in [1.54, 1.807) is 6.07 Å². The summed E-state index contributed by atoms with van der Waals surface area (Å²) in [5.41, 5.74) is 3.11. The smallest absolute Gasteiger partial charge is 0.191 e. The van der Waals surface area contributed by atoms with Crippen LogP contribution in [0.4, 0.5) is 0 Å². The summed E-state index contributed by atoms with van der Waals surface area (Å²) >= 11 is 6.14. The highest BCUT2D eigenvalue weighted by atomic mass is 127. The minimum absolute atomic E-state index is 0. The van der Waals surface area contributed by atoms with E-state index in [4.69, 9.17) is 11.6 Å². The van der Waals surface area contributed by atoms with E-state index < -0.39 is 6.10 Å². The molecule has 1 aromatic heterocycles. The summed E-state index contributed by atoms with van der Waals surface area (Å²) in [5.74, 6) is 0.684. The van der Waals surface area contributed by atoms with E-state index >= 15 is 0 Å². The van der Waals surface area contributed by atoms with Crippen LogP contribution in [-0.4, -0.2) is 35.7 Å². The molecule has 5 nitrogen and oxygen atoms in total. The molecule has 3 aromatic rings. The van der Waals surface area contributed by atoms with Crippen molar-refractivity contribution >= 4 is 52.4 Å². The van der Waals surface area contributed by atoms with Gasteiger partial charge in [-0.15, -0.1) is 24.0 Å². The van der Waals surface area contributed by atoms with Crippen molar-refractivity contribution in [3.63, 3.8) is 0 Å². The van der Waals surface area contributed by atoms with Gasteiger partial charge < -0.3 is 20.7 Å². The fourth-order valence-corrected chi connectivity index (χ4v) is 3.28. The molecular formula is C21H26ClIN4O. The first-order valence-corrected chi connectivity index (χ1v) is 9.56. The number of aromatic amines is 1. The summed E-state index contributed by atoms with van der Waals surface area (Å²) in [6.07, 6.45) is 2.20. The van der Waals surface area contributed by atoms with Gasteiger partial charge in [0.05, 0.1) is 6.54 Å². The summed E-state index contributed by atoms with van der Waals surface area (Å²) < 4.78 is 0. The minimum Gasteiger partial charge on any atom is -0.386 e. The highest BCUT2D eigenvalue weighted by molar-refractivity contribution is 14.0. The van der Waals surface area contributed by atoms with Gasteiger partial charge in [0.15, 0.2) is 5.96 Å². The minimum atomic E-state index is -0.734. The van der Waals surface area contributed by atoms with Crippen LogP contribution in [0.3, 0.4) is 0 Å². The quantitative estimate of drug-likeness (QED) is 0.217. The van der Waals surface area contributed by atoms with E-state index in [-0.39, 0.29) is 30.5 Å². The number of guanidine groups is 1. The monoisotopic (exact) mass is 512 g/mol. The van der Waals surface area contributed by atoms with E-state index in [2.05, 4.69) is 45.0 Å². The Morgan fingerprint density at radius 1 is 1.14 bits per heavy atom. The molecule has 2 aromatic carbocycles. The number of nitrogens with zero attached hydrogens (tertiary/aromatic N) is 1. The molecule has 0 aliphatic carbocycles. The summed E-state index contributed by atoms with van der Waals surface area (Å²) in [4.78, 5) is 7.79. The van der Waals surface area contributed by atoms with Crippen molar-refractivity contribution in [1.29, 1.82) is 0 Å². The molecule has 150 valence electrons. The molecule has 0 aliphatic heterocycles. The molecular weight excluding hydrogens is 487 g/mol. The molecule has 0 saturated carbocycles. The normalized spacial score (nSPS) is 12.5. The van der Waals surface area contributed by atoms with Crippen molar-refractivity contribution in [2.75, 3.05) is 19.6 Å². The summed E-state index contributed by atoms with van der Waals surface area (Å²) in [7, 11) is 0. The Kier molecular flexibility index (Phi) is 9.08. The maximum absolute atomic E-state index is 10.4. The predicted molar refractivity (Wildman–Crippen MR) is 128 cm³/mol. The molecule has 0 amide bonds. The first-order valence-electron chi connectivity index (χ1n) is 9.18. The van der Waals surface area contributed by atoms with Crippen LogP contribution in [0.15, 0.2) is 59.7 Å². The second-order valence-electron chi connectivity index (χ2n) is 6.29. The first kappa shape index (κ1) is 22.5. The molecule has 1 heterocycles. The van der Waals surface area contributed by atoms with E-state index in [9.17, 15) is 5.11 Å². The van der Waals surface area contributed by atoms with Gasteiger partial charge in [-0.2, -0.15) is 0 Å². The Morgan fingerprint density at radius 3 is 2.68 bits per heavy atom. The molecule has 7 heteroatoms. The number of hydrogen-bond donors (Lipinski definition) is 4. The van der Waals surface area contributed by atoms with Gasteiger partial charge in [-0.3, -0.25) is 4.99 Å². The number of aliphatic hydroxyl groups is 1. The maximum Gasteiger partial charge on any atom is 0.191 e. The Bertz CT molecular complexity index is 912. The number of halogens is 2. The zero-order chi connectivity index (χ0) is 19.1. The number of H-pyrrole nitrogens is 1. The second-order valence-corrected chi connectivity index (χ2v) is 6.70. The average molecular weight is 513 g/mol. The van der Waals surface area contributed by atoms with Crippen LogP contribution >= 0.6 is 35.6 Å². The van der Waals surface area contributed by atoms with Gasteiger partial charge in [0, 0.05) is 40.8 Å². The lowest BCUT2D eigenvalue weighted by Gasteiger charge is -2.14. The summed E-state index contributed by atoms with van der Waals surface area (Å²) in [5, 5.41) is 18.7. The highest BCUT2D eigenvalue weighted by Gasteiger charge is 2.11. The molecule has 0 aliphatic rings. The van der Waals surface area contributed by atoms with Crippen molar-refractivity contribution in [3.05, 3.63) is 70.9 Å². The van der Waals surface area contributed by atoms with Crippen molar-refractivity contribution < 1.29 is 5.11 Å². The van der Waals surface area contributed by atoms with Crippen molar-refractivity contribution in [2.24, 2.45) is 4.99 Å². The van der Waals surface area contributed by atoms with Crippen LogP contribution < -0.4 is 10.6 Å². The molecule has 0 saturated heterocycles. The van der Waals surface area contributed by atoms with E-state index in [1.165, 1.54) is 10.9 Å². The van der Waals surface area contributed by atoms with E-state index in [1.807, 2.05) is 31.2 Å². The molecule has 0 fully saturated rings. The number of nitrogens with one attached hydrogen (secondary N) is 3. The molecule has 1 unspecified atom stereocenters. The van der Waals surface area contributed by atoms with Crippen LogP contribution in [-0.2, 0) is 6.42 Å². The fraction of sp³-hybridized carbons (Fsp3) is 0.286. The SMILES string of the molecule is CCNC(=NCC(O)c1ccccc1Cl)NCCc1c[nH]c2ccccc12.I. The number of benzene rings is 2. The maximum atomic E-state index is 10.4. The van der Waals surface area contributed by atoms with Crippen LogP contribution in [0, 0.1) is 0 Å². The molecule has 4 N–H and O–H groups in total. The average Bonchev–Trinajstić information content (AvgIpc) is 3.09. The Morgan fingerprint density at radius 2 is 1.89 bits per heavy atom. The molecule has 28 heavy (non-hydrogen) atoms. The van der Waals surface area contributed by atoms with Gasteiger partial charge in [-0.25, -0.2) is 0 Å². The van der Waals surface area contributed by atoms with E-state index in [0.717, 1.165) is 25.0 Å². The predicted octanol–water partition coefficient (Wildman–Crippen LogP) is 4.27. The van der Waals surface area contributed by atoms with Crippen molar-refractivity contribution in [1.82, 2.24) is 15.6 Å². The van der Waals surface area contributed by atoms with Gasteiger partial charge in [0.2, 0.25) is 0 Å². The number of aliphatic imine (C=N–C) groups is 1. The third-order valence-corrected chi connectivity index (χ3v) is 4.74. The third-order valence-electron chi connectivity index (χ3n) is 4.39. The van der Waals surface area contributed by atoms with Gasteiger partial charge in [-0.1, -0.05) is 48.0 Å². The molecule has 1 atom stereocenters. The largest absolute Gasteiger partial charge is 0.386 e. The van der Waals surface area contributed by atoms with Crippen molar-refractivity contribution in [3.8, 4) is 0 Å². The van der Waals surface area contributed by atoms with Gasteiger partial charge in [0.25, 0.3) is 0 Å². The lowest BCUT2D eigenvalue weighted by molar-refractivity contribution is 0.187. The highest BCUT2D eigenvalue weighted by Crippen LogP contribution is 2.22. The van der Waals surface area contributed by atoms with Crippen LogP contribution in [0.25, 0.3) is 10.9 Å². The molecule has 0 bridgehead atoms. The Labute approximate surface area is 187 Å². The van der Waals surface area contributed by atoms with Gasteiger partial charge >= 0.3 is 0 Å². The summed E-state index contributed by atoms with van der Waals surface area (Å²) in [6.45, 7) is 3.75. The fourth-order valence-electron chi connectivity index (χ4n) is 3.02. The Hall–Kier alpha value is -1.77. The van der Waals surface area contributed by atoms with Gasteiger partial charge in [-0.05, 0) is 31.0 Å². The third kappa shape index (κ3) is 5.86. The van der Waals surface area contributed by atoms with Crippen LogP contribution in [0.5, 0.6) is 0 Å². The number of para-hydroxylation sites is 1. The lowest BCUT2D eigenvalue weighted by atomic mass is 10.1. The van der Waals surface area contributed by atoms with Gasteiger partial charge in [0.1, 0.15) is 6.10 Å². The van der Waals surface area contributed by atoms with Crippen molar-refractivity contribution in [2.45, 2.75) is 19.4 Å². The van der Waals surface area contributed by atoms with Crippen LogP contribution in [0.1, 0.15) is 24.2 Å². The number of fused-ring (bicyclic) bond motifs is 1. The topological polar surface area (TPSA) is 72.4 Å². The van der Waals surface area contributed by atoms with E-state index in [0.29, 0.717) is 16.5 Å². The number of aromatic nitrogens is 1. The van der Waals surface area contributed by atoms with Crippen LogP contribution in [0.2, 0.25) is 5.02 Å². The molecule has 0 spiro atoms. The first-order chi connectivity index (χ1) is 13.2. The number of rotatable bonds is 7. The zero-order valence-corrected chi connectivity index (χ0v) is 18.9. The zero-order valence-electron chi connectivity index (χ0n) is 15.8. The summed E-state index contributed by atoms with van der Waals surface area (Å²) in [6, 6.07) is 15.6. The number of aliphatic hydroxyl groups excluding tert-OH is 1.